The number of hydrogen-bond acceptors (Lipinski definition) is 8. The number of nitro groups is 1. The zero-order valence-electron chi connectivity index (χ0n) is 10.2. The zero-order chi connectivity index (χ0) is 13.5. The van der Waals surface area contributed by atoms with Crippen molar-refractivity contribution in [3.05, 3.63) is 16.4 Å². The molecule has 1 rings (SSSR count). The molecular weight excluding hydrogens is 256 g/mol. The first-order valence-electron chi connectivity index (χ1n) is 5.29. The fraction of sp³-hybridized carbons (Fsp3) is 0.556. The molecule has 1 aromatic heterocycles. The molecule has 0 saturated carbocycles. The quantitative estimate of drug-likeness (QED) is 0.383. The summed E-state index contributed by atoms with van der Waals surface area (Å²) in [4.78, 5) is 18.0. The molecule has 100 valence electrons. The Labute approximate surface area is 109 Å². The summed E-state index contributed by atoms with van der Waals surface area (Å²) >= 11 is 1.72. The summed E-state index contributed by atoms with van der Waals surface area (Å²) in [7, 11) is 0. The Kier molecular flexibility index (Phi) is 5.59. The number of thioether (sulfide) groups is 1. The van der Waals surface area contributed by atoms with E-state index >= 15 is 0 Å². The van der Waals surface area contributed by atoms with Crippen LogP contribution in [0.5, 0.6) is 0 Å². The van der Waals surface area contributed by atoms with Crippen LogP contribution in [0.3, 0.4) is 0 Å². The summed E-state index contributed by atoms with van der Waals surface area (Å²) in [5.74, 6) is 6.70. The predicted octanol–water partition coefficient (Wildman–Crippen LogP) is 1.08. The lowest BCUT2D eigenvalue weighted by atomic mass is 10.2. The van der Waals surface area contributed by atoms with Crippen molar-refractivity contribution in [3.8, 4) is 0 Å². The average Bonchev–Trinajstić information content (AvgIpc) is 2.35. The Morgan fingerprint density at radius 3 is 2.78 bits per heavy atom. The van der Waals surface area contributed by atoms with E-state index < -0.39 is 4.92 Å². The molecule has 0 spiro atoms. The van der Waals surface area contributed by atoms with E-state index in [1.54, 1.807) is 11.8 Å². The van der Waals surface area contributed by atoms with Crippen molar-refractivity contribution in [2.24, 2.45) is 11.8 Å². The summed E-state index contributed by atoms with van der Waals surface area (Å²) in [6.45, 7) is 2.65. The van der Waals surface area contributed by atoms with Gasteiger partial charge in [-0.1, -0.05) is 6.92 Å². The number of hydrazine groups is 1. The van der Waals surface area contributed by atoms with Gasteiger partial charge in [0, 0.05) is 6.54 Å². The normalized spacial score (nSPS) is 11.9. The first-order chi connectivity index (χ1) is 8.60. The molecule has 9 heteroatoms. The molecule has 0 fully saturated rings. The summed E-state index contributed by atoms with van der Waals surface area (Å²) in [6.07, 6.45) is 3.24. The molecular formula is C9H16N6O2S. The predicted molar refractivity (Wildman–Crippen MR) is 72.5 cm³/mol. The van der Waals surface area contributed by atoms with Crippen LogP contribution in [-0.4, -0.2) is 33.4 Å². The fourth-order valence-electron chi connectivity index (χ4n) is 1.40. The number of aromatic nitrogens is 2. The van der Waals surface area contributed by atoms with Gasteiger partial charge in [0.2, 0.25) is 11.6 Å². The maximum Gasteiger partial charge on any atom is 0.354 e. The van der Waals surface area contributed by atoms with Gasteiger partial charge < -0.3 is 10.7 Å². The topological polar surface area (TPSA) is 119 Å². The molecule has 0 aliphatic heterocycles. The van der Waals surface area contributed by atoms with Crippen molar-refractivity contribution >= 4 is 29.1 Å². The summed E-state index contributed by atoms with van der Waals surface area (Å²) in [5.41, 5.74) is 1.95. The van der Waals surface area contributed by atoms with Crippen LogP contribution in [0.4, 0.5) is 17.3 Å². The summed E-state index contributed by atoms with van der Waals surface area (Å²) < 4.78 is 0. The van der Waals surface area contributed by atoms with E-state index in [1.165, 1.54) is 6.33 Å². The van der Waals surface area contributed by atoms with Gasteiger partial charge in [0.25, 0.3) is 0 Å². The van der Waals surface area contributed by atoms with Gasteiger partial charge in [0.05, 0.1) is 4.92 Å². The van der Waals surface area contributed by atoms with Crippen LogP contribution in [-0.2, 0) is 0 Å². The number of nitrogens with two attached hydrogens (primary N) is 1. The van der Waals surface area contributed by atoms with Crippen LogP contribution in [0.15, 0.2) is 6.33 Å². The number of nitrogens with zero attached hydrogens (tertiary/aromatic N) is 3. The van der Waals surface area contributed by atoms with E-state index in [0.29, 0.717) is 12.5 Å². The molecule has 0 saturated heterocycles. The first-order valence-corrected chi connectivity index (χ1v) is 6.68. The molecule has 0 amide bonds. The second-order valence-electron chi connectivity index (χ2n) is 3.76. The van der Waals surface area contributed by atoms with Crippen LogP contribution in [0.25, 0.3) is 0 Å². The van der Waals surface area contributed by atoms with E-state index in [2.05, 4.69) is 27.6 Å². The largest absolute Gasteiger partial charge is 0.364 e. The third kappa shape index (κ3) is 3.70. The zero-order valence-corrected chi connectivity index (χ0v) is 11.0. The van der Waals surface area contributed by atoms with Crippen molar-refractivity contribution in [2.45, 2.75) is 6.92 Å². The minimum atomic E-state index is -0.559. The van der Waals surface area contributed by atoms with Crippen molar-refractivity contribution in [1.82, 2.24) is 9.97 Å². The molecule has 18 heavy (non-hydrogen) atoms. The molecule has 4 N–H and O–H groups in total. The molecule has 0 radical (unpaired) electrons. The number of nitrogens with one attached hydrogen (secondary N) is 2. The van der Waals surface area contributed by atoms with Crippen LogP contribution in [0.2, 0.25) is 0 Å². The molecule has 1 heterocycles. The molecule has 8 nitrogen and oxygen atoms in total. The Hall–Kier alpha value is -1.61. The van der Waals surface area contributed by atoms with Crippen molar-refractivity contribution in [1.29, 1.82) is 0 Å². The van der Waals surface area contributed by atoms with Gasteiger partial charge in [-0.15, -0.1) is 0 Å². The third-order valence-corrected chi connectivity index (χ3v) is 3.11. The van der Waals surface area contributed by atoms with E-state index in [0.717, 1.165) is 5.75 Å². The maximum atomic E-state index is 11.0. The standard InChI is InChI=1S/C9H16N6O2S/c1-6(4-18-2)3-11-8-7(15(16)17)9(14-10)13-5-12-8/h5-6H,3-4,10H2,1-2H3,(H2,11,12,13,14). The van der Waals surface area contributed by atoms with E-state index in [1.807, 2.05) is 6.26 Å². The minimum absolute atomic E-state index is 0.00461. The van der Waals surface area contributed by atoms with E-state index in [-0.39, 0.29) is 17.3 Å². The van der Waals surface area contributed by atoms with Crippen molar-refractivity contribution in [3.63, 3.8) is 0 Å². The number of nitrogen functional groups attached to an aromatic ring is 1. The highest BCUT2D eigenvalue weighted by Crippen LogP contribution is 2.28. The Balaban J connectivity index is 2.85. The Morgan fingerprint density at radius 1 is 1.56 bits per heavy atom. The molecule has 1 unspecified atom stereocenters. The Morgan fingerprint density at radius 2 is 2.22 bits per heavy atom. The van der Waals surface area contributed by atoms with Gasteiger partial charge >= 0.3 is 5.69 Å². The molecule has 0 aliphatic rings. The van der Waals surface area contributed by atoms with Crippen LogP contribution in [0, 0.1) is 16.0 Å². The van der Waals surface area contributed by atoms with Gasteiger partial charge in [-0.25, -0.2) is 15.8 Å². The van der Waals surface area contributed by atoms with Gasteiger partial charge in [-0.05, 0) is 17.9 Å². The molecule has 0 aliphatic carbocycles. The number of anilines is 2. The van der Waals surface area contributed by atoms with E-state index in [4.69, 9.17) is 5.84 Å². The van der Waals surface area contributed by atoms with Crippen LogP contribution in [0.1, 0.15) is 6.92 Å². The highest BCUT2D eigenvalue weighted by atomic mass is 32.2. The van der Waals surface area contributed by atoms with Crippen molar-refractivity contribution < 1.29 is 4.92 Å². The van der Waals surface area contributed by atoms with Gasteiger partial charge in [0.15, 0.2) is 0 Å². The molecule has 1 atom stereocenters. The lowest BCUT2D eigenvalue weighted by molar-refractivity contribution is -0.383. The second kappa shape index (κ2) is 6.97. The molecule has 1 aromatic rings. The molecule has 0 aromatic carbocycles. The minimum Gasteiger partial charge on any atom is -0.364 e. The first kappa shape index (κ1) is 14.5. The monoisotopic (exact) mass is 272 g/mol. The van der Waals surface area contributed by atoms with Crippen LogP contribution < -0.4 is 16.6 Å². The van der Waals surface area contributed by atoms with Gasteiger partial charge in [-0.3, -0.25) is 10.1 Å². The fourth-order valence-corrected chi connectivity index (χ4v) is 2.09. The van der Waals surface area contributed by atoms with E-state index in [9.17, 15) is 10.1 Å². The number of hydrogen-bond donors (Lipinski definition) is 3. The SMILES string of the molecule is CSCC(C)CNc1ncnc(NN)c1[N+](=O)[O-]. The van der Waals surface area contributed by atoms with Gasteiger partial charge in [-0.2, -0.15) is 11.8 Å². The number of rotatable bonds is 7. The summed E-state index contributed by atoms with van der Waals surface area (Å²) in [5, 5.41) is 13.9. The molecule has 0 bridgehead atoms. The highest BCUT2D eigenvalue weighted by Gasteiger charge is 2.22. The summed E-state index contributed by atoms with van der Waals surface area (Å²) in [6, 6.07) is 0. The van der Waals surface area contributed by atoms with Crippen LogP contribution >= 0.6 is 11.8 Å². The lowest BCUT2D eigenvalue weighted by Crippen LogP contribution is -2.17. The second-order valence-corrected chi connectivity index (χ2v) is 4.67. The van der Waals surface area contributed by atoms with Crippen molar-refractivity contribution in [2.75, 3.05) is 29.3 Å². The lowest BCUT2D eigenvalue weighted by Gasteiger charge is -2.12. The van der Waals surface area contributed by atoms with Gasteiger partial charge in [0.1, 0.15) is 6.33 Å². The highest BCUT2D eigenvalue weighted by molar-refractivity contribution is 7.98. The average molecular weight is 272 g/mol. The maximum absolute atomic E-state index is 11.0. The smallest absolute Gasteiger partial charge is 0.354 e. The third-order valence-electron chi connectivity index (χ3n) is 2.21. The Bertz CT molecular complexity index is 416.